The van der Waals surface area contributed by atoms with Crippen molar-refractivity contribution in [2.75, 3.05) is 38.3 Å². The van der Waals surface area contributed by atoms with Crippen molar-refractivity contribution in [1.82, 2.24) is 9.62 Å². The summed E-state index contributed by atoms with van der Waals surface area (Å²) in [6.07, 6.45) is 0.590. The second kappa shape index (κ2) is 9.57. The predicted octanol–water partition coefficient (Wildman–Crippen LogP) is 1.01. The predicted molar refractivity (Wildman–Crippen MR) is 104 cm³/mol. The number of carbonyl (C=O) groups is 1. The van der Waals surface area contributed by atoms with Crippen molar-refractivity contribution >= 4 is 26.0 Å². The molecule has 1 aliphatic heterocycles. The maximum atomic E-state index is 12.5. The Balaban J connectivity index is 1.89. The van der Waals surface area contributed by atoms with Crippen molar-refractivity contribution in [3.63, 3.8) is 0 Å². The SMILES string of the molecule is CCS(=O)(=O)CCOc1ccc(S(=O)(=O)NC2CCN(C(=O)OC)CC2)cc1. The van der Waals surface area contributed by atoms with E-state index in [1.165, 1.54) is 36.3 Å². The lowest BCUT2D eigenvalue weighted by Gasteiger charge is -2.31. The van der Waals surface area contributed by atoms with Gasteiger partial charge in [-0.2, -0.15) is 0 Å². The molecule has 1 aromatic carbocycles. The number of hydrogen-bond acceptors (Lipinski definition) is 7. The normalized spacial score (nSPS) is 16.0. The molecule has 1 amide bonds. The Kier molecular flexibility index (Phi) is 7.67. The van der Waals surface area contributed by atoms with Crippen molar-refractivity contribution in [3.8, 4) is 5.75 Å². The van der Waals surface area contributed by atoms with Crippen LogP contribution < -0.4 is 9.46 Å². The maximum Gasteiger partial charge on any atom is 0.409 e. The molecule has 28 heavy (non-hydrogen) atoms. The average molecular weight is 435 g/mol. The summed E-state index contributed by atoms with van der Waals surface area (Å²) in [5, 5.41) is 0. The zero-order valence-electron chi connectivity index (χ0n) is 16.0. The van der Waals surface area contributed by atoms with Crippen LogP contribution in [0.5, 0.6) is 5.75 Å². The molecule has 0 aliphatic carbocycles. The van der Waals surface area contributed by atoms with Gasteiger partial charge in [-0.25, -0.2) is 26.4 Å². The summed E-state index contributed by atoms with van der Waals surface area (Å²) in [6, 6.07) is 5.55. The van der Waals surface area contributed by atoms with Gasteiger partial charge >= 0.3 is 6.09 Å². The standard InChI is InChI=1S/C17H26N2O7S2/c1-3-27(21,22)13-12-26-15-4-6-16(7-5-15)28(23,24)18-14-8-10-19(11-9-14)17(20)25-2/h4-7,14,18H,3,8-13H2,1-2H3. The molecular weight excluding hydrogens is 408 g/mol. The van der Waals surface area contributed by atoms with Crippen molar-refractivity contribution in [2.45, 2.75) is 30.7 Å². The van der Waals surface area contributed by atoms with E-state index in [4.69, 9.17) is 4.74 Å². The lowest BCUT2D eigenvalue weighted by Crippen LogP contribution is -2.46. The van der Waals surface area contributed by atoms with Crippen LogP contribution in [0.2, 0.25) is 0 Å². The number of nitrogens with zero attached hydrogens (tertiary/aromatic N) is 1. The molecule has 0 atom stereocenters. The topological polar surface area (TPSA) is 119 Å². The fraction of sp³-hybridized carbons (Fsp3) is 0.588. The summed E-state index contributed by atoms with van der Waals surface area (Å²) in [7, 11) is -5.50. The van der Waals surface area contributed by atoms with Crippen molar-refractivity contribution in [2.24, 2.45) is 0 Å². The number of piperidine rings is 1. The first-order chi connectivity index (χ1) is 13.2. The van der Waals surface area contributed by atoms with Gasteiger partial charge in [0, 0.05) is 24.9 Å². The number of hydrogen-bond donors (Lipinski definition) is 1. The van der Waals surface area contributed by atoms with Crippen LogP contribution in [0.4, 0.5) is 4.79 Å². The molecule has 1 heterocycles. The lowest BCUT2D eigenvalue weighted by molar-refractivity contribution is 0.111. The zero-order valence-corrected chi connectivity index (χ0v) is 17.6. The molecule has 1 aliphatic rings. The Morgan fingerprint density at radius 2 is 1.75 bits per heavy atom. The van der Waals surface area contributed by atoms with Crippen LogP contribution in [0.3, 0.4) is 0 Å². The van der Waals surface area contributed by atoms with E-state index >= 15 is 0 Å². The Morgan fingerprint density at radius 1 is 1.14 bits per heavy atom. The number of likely N-dealkylation sites (tertiary alicyclic amines) is 1. The number of amides is 1. The Bertz CT molecular complexity index is 859. The summed E-state index contributed by atoms with van der Waals surface area (Å²) in [5.74, 6) is 0.365. The Labute approximate surface area is 166 Å². The number of methoxy groups -OCH3 is 1. The third kappa shape index (κ3) is 6.35. The number of sulfone groups is 1. The highest BCUT2D eigenvalue weighted by Gasteiger charge is 2.27. The molecule has 1 saturated heterocycles. The fourth-order valence-corrected chi connectivity index (χ4v) is 4.67. The van der Waals surface area contributed by atoms with E-state index in [0.29, 0.717) is 31.7 Å². The number of nitrogens with one attached hydrogen (secondary N) is 1. The van der Waals surface area contributed by atoms with Crippen LogP contribution in [0.25, 0.3) is 0 Å². The van der Waals surface area contributed by atoms with Gasteiger partial charge in [0.1, 0.15) is 12.4 Å². The zero-order chi connectivity index (χ0) is 20.8. The van der Waals surface area contributed by atoms with Gasteiger partial charge in [0.2, 0.25) is 10.0 Å². The number of sulfonamides is 1. The van der Waals surface area contributed by atoms with E-state index in [-0.39, 0.29) is 29.0 Å². The van der Waals surface area contributed by atoms with Gasteiger partial charge in [0.15, 0.2) is 9.84 Å². The minimum atomic E-state index is -3.70. The Morgan fingerprint density at radius 3 is 2.29 bits per heavy atom. The molecule has 0 saturated carbocycles. The summed E-state index contributed by atoms with van der Waals surface area (Å²) in [4.78, 5) is 13.1. The van der Waals surface area contributed by atoms with Gasteiger partial charge in [0.25, 0.3) is 0 Å². The molecule has 9 nitrogen and oxygen atoms in total. The number of ether oxygens (including phenoxy) is 2. The first-order valence-corrected chi connectivity index (χ1v) is 12.3. The fourth-order valence-electron chi connectivity index (χ4n) is 2.74. The summed E-state index contributed by atoms with van der Waals surface area (Å²) in [5.41, 5.74) is 0. The van der Waals surface area contributed by atoms with Crippen LogP contribution >= 0.6 is 0 Å². The highest BCUT2D eigenvalue weighted by atomic mass is 32.2. The van der Waals surface area contributed by atoms with Crippen molar-refractivity contribution in [3.05, 3.63) is 24.3 Å². The highest BCUT2D eigenvalue weighted by Crippen LogP contribution is 2.18. The lowest BCUT2D eigenvalue weighted by atomic mass is 10.1. The van der Waals surface area contributed by atoms with E-state index in [1.807, 2.05) is 0 Å². The highest BCUT2D eigenvalue weighted by molar-refractivity contribution is 7.91. The monoisotopic (exact) mass is 434 g/mol. The van der Waals surface area contributed by atoms with E-state index in [2.05, 4.69) is 9.46 Å². The maximum absolute atomic E-state index is 12.5. The first kappa shape index (κ1) is 22.4. The molecule has 1 N–H and O–H groups in total. The summed E-state index contributed by atoms with van der Waals surface area (Å²) in [6.45, 7) is 2.43. The molecule has 0 spiro atoms. The molecule has 2 rings (SSSR count). The van der Waals surface area contributed by atoms with Crippen molar-refractivity contribution in [1.29, 1.82) is 0 Å². The van der Waals surface area contributed by atoms with Gasteiger partial charge < -0.3 is 14.4 Å². The Hall–Kier alpha value is -1.85. The summed E-state index contributed by atoms with van der Waals surface area (Å²) >= 11 is 0. The van der Waals surface area contributed by atoms with Crippen LogP contribution in [-0.2, 0) is 24.6 Å². The number of rotatable bonds is 8. The molecule has 0 bridgehead atoms. The van der Waals surface area contributed by atoms with Crippen LogP contribution in [0.1, 0.15) is 19.8 Å². The quantitative estimate of drug-likeness (QED) is 0.648. The van der Waals surface area contributed by atoms with Crippen LogP contribution in [-0.4, -0.2) is 72.2 Å². The van der Waals surface area contributed by atoms with Gasteiger partial charge in [-0.05, 0) is 37.1 Å². The van der Waals surface area contributed by atoms with Crippen molar-refractivity contribution < 1.29 is 31.1 Å². The minimum Gasteiger partial charge on any atom is -0.493 e. The molecule has 11 heteroatoms. The molecule has 0 aromatic heterocycles. The van der Waals surface area contributed by atoms with E-state index in [1.54, 1.807) is 6.92 Å². The summed E-state index contributed by atoms with van der Waals surface area (Å²) < 4.78 is 60.6. The molecular formula is C17H26N2O7S2. The third-order valence-electron chi connectivity index (χ3n) is 4.49. The number of benzene rings is 1. The van der Waals surface area contributed by atoms with Crippen LogP contribution in [0, 0.1) is 0 Å². The third-order valence-corrected chi connectivity index (χ3v) is 7.69. The second-order valence-corrected chi connectivity index (χ2v) is 10.6. The smallest absolute Gasteiger partial charge is 0.409 e. The van der Waals surface area contributed by atoms with E-state index < -0.39 is 26.0 Å². The molecule has 0 unspecified atom stereocenters. The largest absolute Gasteiger partial charge is 0.493 e. The number of carbonyl (C=O) groups excluding carboxylic acids is 1. The first-order valence-electron chi connectivity index (χ1n) is 8.95. The molecule has 158 valence electrons. The molecule has 0 radical (unpaired) electrons. The second-order valence-electron chi connectivity index (χ2n) is 6.41. The van der Waals surface area contributed by atoms with Gasteiger partial charge in [0.05, 0.1) is 17.8 Å². The molecule has 1 aromatic rings. The van der Waals surface area contributed by atoms with Crippen LogP contribution in [0.15, 0.2) is 29.2 Å². The van der Waals surface area contributed by atoms with Gasteiger partial charge in [-0.3, -0.25) is 0 Å². The van der Waals surface area contributed by atoms with E-state index in [0.717, 1.165) is 0 Å². The van der Waals surface area contributed by atoms with Gasteiger partial charge in [-0.15, -0.1) is 0 Å². The van der Waals surface area contributed by atoms with Gasteiger partial charge in [-0.1, -0.05) is 6.92 Å². The van der Waals surface area contributed by atoms with E-state index in [9.17, 15) is 21.6 Å². The minimum absolute atomic E-state index is 0.0132. The average Bonchev–Trinajstić information content (AvgIpc) is 2.68. The molecule has 1 fully saturated rings.